The third kappa shape index (κ3) is 1.38. The van der Waals surface area contributed by atoms with Crippen LogP contribution in [0.1, 0.15) is 28.8 Å². The molecule has 0 fully saturated rings. The van der Waals surface area contributed by atoms with Crippen LogP contribution in [-0.2, 0) is 11.2 Å². The summed E-state index contributed by atoms with van der Waals surface area (Å²) in [6.07, 6.45) is 1.63. The van der Waals surface area contributed by atoms with Gasteiger partial charge in [0.2, 0.25) is 5.91 Å². The number of carbonyl (C=O) groups excluding carboxylic acids is 2. The van der Waals surface area contributed by atoms with Crippen molar-refractivity contribution < 1.29 is 14.3 Å². The van der Waals surface area contributed by atoms with Gasteiger partial charge in [-0.25, -0.2) is 0 Å². The minimum absolute atomic E-state index is 0.0108. The monoisotopic (exact) mass is 217 g/mol. The molecule has 0 aromatic heterocycles. The van der Waals surface area contributed by atoms with Gasteiger partial charge in [0.05, 0.1) is 12.2 Å². The minimum atomic E-state index is 0.0108. The van der Waals surface area contributed by atoms with Crippen molar-refractivity contribution in [2.45, 2.75) is 19.3 Å². The molecule has 0 aliphatic carbocycles. The van der Waals surface area contributed by atoms with Gasteiger partial charge in [0.25, 0.3) is 0 Å². The Labute approximate surface area is 92.6 Å². The van der Waals surface area contributed by atoms with Crippen molar-refractivity contribution in [2.75, 3.05) is 11.9 Å². The van der Waals surface area contributed by atoms with Crippen LogP contribution < -0.4 is 10.1 Å². The van der Waals surface area contributed by atoms with Gasteiger partial charge in [-0.05, 0) is 24.1 Å². The summed E-state index contributed by atoms with van der Waals surface area (Å²) in [5.74, 6) is 0.756. The first-order valence-electron chi connectivity index (χ1n) is 5.37. The molecule has 1 amide bonds. The number of Topliss-reactive ketones (excluding diaryl/α,β-unsaturated/α-hetero) is 1. The van der Waals surface area contributed by atoms with Crippen LogP contribution in [0.25, 0.3) is 0 Å². The number of benzene rings is 1. The van der Waals surface area contributed by atoms with Crippen LogP contribution in [0, 0.1) is 0 Å². The highest BCUT2D eigenvalue weighted by molar-refractivity contribution is 6.02. The number of anilines is 1. The molecule has 0 saturated carbocycles. The number of nitrogens with one attached hydrogen (secondary N) is 1. The molecule has 2 aliphatic rings. The molecule has 1 aromatic carbocycles. The fourth-order valence-corrected chi connectivity index (χ4v) is 2.13. The zero-order chi connectivity index (χ0) is 11.1. The Balaban J connectivity index is 2.11. The topological polar surface area (TPSA) is 55.4 Å². The number of amides is 1. The van der Waals surface area contributed by atoms with Crippen LogP contribution in [0.5, 0.6) is 5.75 Å². The first-order chi connectivity index (χ1) is 7.74. The second kappa shape index (κ2) is 3.33. The Bertz CT molecular complexity index is 493. The molecule has 0 bridgehead atoms. The van der Waals surface area contributed by atoms with E-state index in [2.05, 4.69) is 5.32 Å². The van der Waals surface area contributed by atoms with E-state index in [1.165, 1.54) is 0 Å². The van der Waals surface area contributed by atoms with Crippen molar-refractivity contribution in [1.29, 1.82) is 0 Å². The van der Waals surface area contributed by atoms with Gasteiger partial charge in [-0.3, -0.25) is 9.59 Å². The average Bonchev–Trinajstić information content (AvgIpc) is 2.28. The molecule has 0 saturated heterocycles. The molecule has 2 aliphatic heterocycles. The highest BCUT2D eigenvalue weighted by atomic mass is 16.5. The van der Waals surface area contributed by atoms with Crippen LogP contribution in [0.3, 0.4) is 0 Å². The van der Waals surface area contributed by atoms with Crippen LogP contribution >= 0.6 is 0 Å². The Kier molecular flexibility index (Phi) is 1.96. The van der Waals surface area contributed by atoms with E-state index in [1.54, 1.807) is 6.07 Å². The number of hydrogen-bond acceptors (Lipinski definition) is 3. The lowest BCUT2D eigenvalue weighted by atomic mass is 9.96. The number of carbonyl (C=O) groups is 2. The highest BCUT2D eigenvalue weighted by Crippen LogP contribution is 2.33. The summed E-state index contributed by atoms with van der Waals surface area (Å²) in [7, 11) is 0. The van der Waals surface area contributed by atoms with Crippen molar-refractivity contribution in [2.24, 2.45) is 0 Å². The normalized spacial score (nSPS) is 18.2. The average molecular weight is 217 g/mol. The van der Waals surface area contributed by atoms with E-state index >= 15 is 0 Å². The third-order valence-corrected chi connectivity index (χ3v) is 2.99. The molecule has 1 N–H and O–H groups in total. The summed E-state index contributed by atoms with van der Waals surface area (Å²) in [5.41, 5.74) is 2.40. The summed E-state index contributed by atoms with van der Waals surface area (Å²) >= 11 is 0. The Morgan fingerprint density at radius 3 is 2.88 bits per heavy atom. The number of rotatable bonds is 0. The fraction of sp³-hybridized carbons (Fsp3) is 0.333. The second-order valence-electron chi connectivity index (χ2n) is 4.08. The quantitative estimate of drug-likeness (QED) is 0.717. The molecule has 0 atom stereocenters. The van der Waals surface area contributed by atoms with Crippen LogP contribution in [-0.4, -0.2) is 18.3 Å². The molecule has 2 heterocycles. The predicted molar refractivity (Wildman–Crippen MR) is 57.8 cm³/mol. The maximum absolute atomic E-state index is 11.7. The van der Waals surface area contributed by atoms with Crippen molar-refractivity contribution in [1.82, 2.24) is 0 Å². The maximum Gasteiger partial charge on any atom is 0.224 e. The molecule has 1 aromatic rings. The molecule has 4 nitrogen and oxygen atoms in total. The standard InChI is InChI=1S/C12H11NO3/c14-10-3-4-16-11-5-7-1-2-12(15)13-9(7)6-8(10)11/h5-6H,1-4H2,(H,13,15). The Morgan fingerprint density at radius 1 is 1.12 bits per heavy atom. The summed E-state index contributed by atoms with van der Waals surface area (Å²) in [4.78, 5) is 22.9. The lowest BCUT2D eigenvalue weighted by Crippen LogP contribution is -2.21. The van der Waals surface area contributed by atoms with Crippen LogP contribution in [0.4, 0.5) is 5.69 Å². The Morgan fingerprint density at radius 2 is 2.00 bits per heavy atom. The minimum Gasteiger partial charge on any atom is -0.492 e. The summed E-state index contributed by atoms with van der Waals surface area (Å²) in [5, 5.41) is 2.78. The highest BCUT2D eigenvalue weighted by Gasteiger charge is 2.23. The number of ketones is 1. The number of aryl methyl sites for hydroxylation is 1. The van der Waals surface area contributed by atoms with Crippen LogP contribution in [0.2, 0.25) is 0 Å². The van der Waals surface area contributed by atoms with Gasteiger partial charge in [-0.1, -0.05) is 0 Å². The molecule has 4 heteroatoms. The summed E-state index contributed by atoms with van der Waals surface area (Å²) in [6, 6.07) is 3.62. The SMILES string of the molecule is O=C1CCc2cc3c(cc2N1)C(=O)CCO3. The lowest BCUT2D eigenvalue weighted by molar-refractivity contribution is -0.116. The second-order valence-corrected chi connectivity index (χ2v) is 4.08. The van der Waals surface area contributed by atoms with E-state index in [-0.39, 0.29) is 11.7 Å². The molecule has 16 heavy (non-hydrogen) atoms. The van der Waals surface area contributed by atoms with E-state index < -0.39 is 0 Å². The number of hydrogen-bond donors (Lipinski definition) is 1. The van der Waals surface area contributed by atoms with Crippen molar-refractivity contribution in [3.8, 4) is 5.75 Å². The number of ether oxygens (including phenoxy) is 1. The van der Waals surface area contributed by atoms with Crippen molar-refractivity contribution in [3.05, 3.63) is 23.3 Å². The van der Waals surface area contributed by atoms with Gasteiger partial charge in [0.15, 0.2) is 5.78 Å². The van der Waals surface area contributed by atoms with E-state index in [0.29, 0.717) is 37.2 Å². The van der Waals surface area contributed by atoms with Gasteiger partial charge >= 0.3 is 0 Å². The maximum atomic E-state index is 11.7. The van der Waals surface area contributed by atoms with E-state index in [4.69, 9.17) is 4.74 Å². The van der Waals surface area contributed by atoms with E-state index in [9.17, 15) is 9.59 Å². The van der Waals surface area contributed by atoms with Crippen LogP contribution in [0.15, 0.2) is 12.1 Å². The first-order valence-corrected chi connectivity index (χ1v) is 5.37. The zero-order valence-corrected chi connectivity index (χ0v) is 8.71. The molecule has 0 radical (unpaired) electrons. The van der Waals surface area contributed by atoms with E-state index in [0.717, 1.165) is 11.3 Å². The van der Waals surface area contributed by atoms with Gasteiger partial charge < -0.3 is 10.1 Å². The molecule has 0 spiro atoms. The van der Waals surface area contributed by atoms with E-state index in [1.807, 2.05) is 6.07 Å². The summed E-state index contributed by atoms with van der Waals surface area (Å²) < 4.78 is 5.45. The Hall–Kier alpha value is -1.84. The molecule has 0 unspecified atom stereocenters. The third-order valence-electron chi connectivity index (χ3n) is 2.99. The lowest BCUT2D eigenvalue weighted by Gasteiger charge is -2.22. The summed E-state index contributed by atoms with van der Waals surface area (Å²) in [6.45, 7) is 0.455. The molecule has 3 rings (SSSR count). The molecule has 82 valence electrons. The smallest absolute Gasteiger partial charge is 0.224 e. The molecular weight excluding hydrogens is 206 g/mol. The molecular formula is C12H11NO3. The van der Waals surface area contributed by atoms with Crippen molar-refractivity contribution >= 4 is 17.4 Å². The van der Waals surface area contributed by atoms with Gasteiger partial charge in [-0.2, -0.15) is 0 Å². The van der Waals surface area contributed by atoms with Gasteiger partial charge in [-0.15, -0.1) is 0 Å². The number of fused-ring (bicyclic) bond motifs is 2. The van der Waals surface area contributed by atoms with Gasteiger partial charge in [0, 0.05) is 18.5 Å². The first kappa shape index (κ1) is 9.39. The fourth-order valence-electron chi connectivity index (χ4n) is 2.13. The zero-order valence-electron chi connectivity index (χ0n) is 8.71. The van der Waals surface area contributed by atoms with Crippen molar-refractivity contribution in [3.63, 3.8) is 0 Å². The largest absolute Gasteiger partial charge is 0.492 e. The van der Waals surface area contributed by atoms with Gasteiger partial charge in [0.1, 0.15) is 5.75 Å². The predicted octanol–water partition coefficient (Wildman–Crippen LogP) is 1.54.